The van der Waals surface area contributed by atoms with Gasteiger partial charge in [0.05, 0.1) is 5.41 Å². The molecule has 1 aliphatic heterocycles. The van der Waals surface area contributed by atoms with Crippen LogP contribution in [0.1, 0.15) is 53.4 Å². The standard InChI is InChI=1S/C14H26N2O3/c1-5-6-14(11(15)17)7-9-16(10-8-14)12(18)19-13(2,3)4/h5-10H2,1-4H3,(H2,15,17). The van der Waals surface area contributed by atoms with Crippen molar-refractivity contribution in [2.75, 3.05) is 13.1 Å². The largest absolute Gasteiger partial charge is 0.444 e. The lowest BCUT2D eigenvalue weighted by atomic mass is 9.74. The average molecular weight is 270 g/mol. The minimum absolute atomic E-state index is 0.238. The van der Waals surface area contributed by atoms with Gasteiger partial charge in [0, 0.05) is 13.1 Å². The van der Waals surface area contributed by atoms with Crippen molar-refractivity contribution in [2.24, 2.45) is 11.1 Å². The van der Waals surface area contributed by atoms with E-state index in [4.69, 9.17) is 10.5 Å². The van der Waals surface area contributed by atoms with Crippen LogP contribution in [-0.4, -0.2) is 35.6 Å². The average Bonchev–Trinajstić information content (AvgIpc) is 2.27. The van der Waals surface area contributed by atoms with Crippen molar-refractivity contribution in [2.45, 2.75) is 59.0 Å². The van der Waals surface area contributed by atoms with E-state index in [9.17, 15) is 9.59 Å². The molecule has 0 aliphatic carbocycles. The Bertz CT molecular complexity index is 339. The molecule has 0 aromatic heterocycles. The third-order valence-electron chi connectivity index (χ3n) is 3.62. The first-order chi connectivity index (χ1) is 8.70. The second kappa shape index (κ2) is 5.80. The van der Waals surface area contributed by atoms with E-state index in [2.05, 4.69) is 0 Å². The van der Waals surface area contributed by atoms with Crippen LogP contribution in [0.25, 0.3) is 0 Å². The predicted octanol–water partition coefficient (Wildman–Crippen LogP) is 2.29. The van der Waals surface area contributed by atoms with E-state index in [1.165, 1.54) is 0 Å². The normalized spacial score (nSPS) is 19.1. The zero-order valence-corrected chi connectivity index (χ0v) is 12.5. The number of likely N-dealkylation sites (tertiary alicyclic amines) is 1. The van der Waals surface area contributed by atoms with Crippen LogP contribution in [0.2, 0.25) is 0 Å². The van der Waals surface area contributed by atoms with Crippen LogP contribution in [0.4, 0.5) is 4.79 Å². The number of carbonyl (C=O) groups is 2. The van der Waals surface area contributed by atoms with Gasteiger partial charge in [-0.15, -0.1) is 0 Å². The van der Waals surface area contributed by atoms with Gasteiger partial charge in [0.15, 0.2) is 0 Å². The molecule has 110 valence electrons. The summed E-state index contributed by atoms with van der Waals surface area (Å²) >= 11 is 0. The van der Waals surface area contributed by atoms with Crippen molar-refractivity contribution >= 4 is 12.0 Å². The van der Waals surface area contributed by atoms with Crippen molar-refractivity contribution in [3.8, 4) is 0 Å². The molecule has 1 aliphatic rings. The summed E-state index contributed by atoms with van der Waals surface area (Å²) in [6.45, 7) is 8.67. The molecular weight excluding hydrogens is 244 g/mol. The van der Waals surface area contributed by atoms with E-state index in [-0.39, 0.29) is 12.0 Å². The van der Waals surface area contributed by atoms with Crippen molar-refractivity contribution in [3.05, 3.63) is 0 Å². The van der Waals surface area contributed by atoms with Crippen LogP contribution in [0.15, 0.2) is 0 Å². The van der Waals surface area contributed by atoms with Crippen molar-refractivity contribution < 1.29 is 14.3 Å². The third kappa shape index (κ3) is 4.11. The van der Waals surface area contributed by atoms with E-state index in [1.807, 2.05) is 27.7 Å². The lowest BCUT2D eigenvalue weighted by Crippen LogP contribution is -2.49. The topological polar surface area (TPSA) is 72.6 Å². The number of amides is 2. The van der Waals surface area contributed by atoms with Gasteiger partial charge >= 0.3 is 6.09 Å². The van der Waals surface area contributed by atoms with E-state index < -0.39 is 11.0 Å². The minimum atomic E-state index is -0.487. The molecule has 2 amide bonds. The van der Waals surface area contributed by atoms with Crippen LogP contribution < -0.4 is 5.73 Å². The van der Waals surface area contributed by atoms with E-state index in [0.717, 1.165) is 12.8 Å². The smallest absolute Gasteiger partial charge is 0.410 e. The number of nitrogens with two attached hydrogens (primary N) is 1. The number of hydrogen-bond donors (Lipinski definition) is 1. The summed E-state index contributed by atoms with van der Waals surface area (Å²) in [4.78, 5) is 25.3. The molecule has 0 spiro atoms. The Kier molecular flexibility index (Phi) is 4.82. The minimum Gasteiger partial charge on any atom is -0.444 e. The molecule has 0 atom stereocenters. The summed E-state index contributed by atoms with van der Waals surface area (Å²) in [7, 11) is 0. The van der Waals surface area contributed by atoms with Crippen LogP contribution in [-0.2, 0) is 9.53 Å². The Morgan fingerprint density at radius 1 is 1.26 bits per heavy atom. The molecule has 19 heavy (non-hydrogen) atoms. The van der Waals surface area contributed by atoms with Crippen molar-refractivity contribution in [3.63, 3.8) is 0 Å². The zero-order valence-electron chi connectivity index (χ0n) is 12.5. The van der Waals surface area contributed by atoms with Gasteiger partial charge in [0.25, 0.3) is 0 Å². The van der Waals surface area contributed by atoms with E-state index in [0.29, 0.717) is 25.9 Å². The highest BCUT2D eigenvalue weighted by molar-refractivity contribution is 5.81. The fraction of sp³-hybridized carbons (Fsp3) is 0.857. The van der Waals surface area contributed by atoms with Gasteiger partial charge in [0.1, 0.15) is 5.60 Å². The van der Waals surface area contributed by atoms with Gasteiger partial charge < -0.3 is 15.4 Å². The number of piperidine rings is 1. The number of nitrogens with zero attached hydrogens (tertiary/aromatic N) is 1. The van der Waals surface area contributed by atoms with Crippen molar-refractivity contribution in [1.82, 2.24) is 4.90 Å². The molecule has 2 N–H and O–H groups in total. The van der Waals surface area contributed by atoms with Crippen LogP contribution >= 0.6 is 0 Å². The molecule has 0 aromatic carbocycles. The molecule has 1 rings (SSSR count). The summed E-state index contributed by atoms with van der Waals surface area (Å²) in [5.41, 5.74) is 4.61. The number of primary amides is 1. The maximum absolute atomic E-state index is 11.9. The van der Waals surface area contributed by atoms with Gasteiger partial charge in [-0.2, -0.15) is 0 Å². The molecule has 1 fully saturated rings. The van der Waals surface area contributed by atoms with Gasteiger partial charge in [-0.05, 0) is 40.0 Å². The van der Waals surface area contributed by atoms with Crippen LogP contribution in [0, 0.1) is 5.41 Å². The molecule has 1 saturated heterocycles. The summed E-state index contributed by atoms with van der Waals surface area (Å²) in [6.07, 6.45) is 2.69. The first-order valence-electron chi connectivity index (χ1n) is 6.98. The van der Waals surface area contributed by atoms with Gasteiger partial charge in [-0.25, -0.2) is 4.79 Å². The third-order valence-corrected chi connectivity index (χ3v) is 3.62. The van der Waals surface area contributed by atoms with Gasteiger partial charge in [0.2, 0.25) is 5.91 Å². The predicted molar refractivity (Wildman–Crippen MR) is 73.6 cm³/mol. The number of hydrogen-bond acceptors (Lipinski definition) is 3. The Balaban J connectivity index is 2.61. The van der Waals surface area contributed by atoms with Crippen LogP contribution in [0.5, 0.6) is 0 Å². The Hall–Kier alpha value is -1.26. The van der Waals surface area contributed by atoms with Gasteiger partial charge in [-0.3, -0.25) is 4.79 Å². The lowest BCUT2D eigenvalue weighted by molar-refractivity contribution is -0.131. The maximum Gasteiger partial charge on any atom is 0.410 e. The summed E-state index contributed by atoms with van der Waals surface area (Å²) in [6, 6.07) is 0. The second-order valence-corrected chi connectivity index (χ2v) is 6.36. The van der Waals surface area contributed by atoms with Gasteiger partial charge in [-0.1, -0.05) is 13.3 Å². The highest BCUT2D eigenvalue weighted by Crippen LogP contribution is 2.36. The molecule has 0 radical (unpaired) electrons. The molecular formula is C14H26N2O3. The molecule has 0 bridgehead atoms. The fourth-order valence-corrected chi connectivity index (χ4v) is 2.54. The summed E-state index contributed by atoms with van der Waals surface area (Å²) in [5.74, 6) is -0.238. The highest BCUT2D eigenvalue weighted by atomic mass is 16.6. The fourth-order valence-electron chi connectivity index (χ4n) is 2.54. The second-order valence-electron chi connectivity index (χ2n) is 6.36. The molecule has 0 unspecified atom stereocenters. The monoisotopic (exact) mass is 270 g/mol. The quantitative estimate of drug-likeness (QED) is 0.855. The molecule has 0 aromatic rings. The first kappa shape index (κ1) is 15.8. The zero-order chi connectivity index (χ0) is 14.7. The molecule has 1 heterocycles. The highest BCUT2D eigenvalue weighted by Gasteiger charge is 2.40. The Morgan fingerprint density at radius 2 is 1.79 bits per heavy atom. The molecule has 5 heteroatoms. The SMILES string of the molecule is CCCC1(C(N)=O)CCN(C(=O)OC(C)(C)C)CC1. The van der Waals surface area contributed by atoms with E-state index in [1.54, 1.807) is 4.90 Å². The Morgan fingerprint density at radius 3 is 2.16 bits per heavy atom. The Labute approximate surface area is 115 Å². The van der Waals surface area contributed by atoms with Crippen LogP contribution in [0.3, 0.4) is 0 Å². The van der Waals surface area contributed by atoms with E-state index >= 15 is 0 Å². The first-order valence-corrected chi connectivity index (χ1v) is 6.98. The molecule has 5 nitrogen and oxygen atoms in total. The summed E-state index contributed by atoms with van der Waals surface area (Å²) < 4.78 is 5.34. The summed E-state index contributed by atoms with van der Waals surface area (Å²) in [5, 5.41) is 0. The number of ether oxygens (including phenoxy) is 1. The van der Waals surface area contributed by atoms with Crippen molar-refractivity contribution in [1.29, 1.82) is 0 Å². The number of rotatable bonds is 3. The number of carbonyl (C=O) groups excluding carboxylic acids is 2. The lowest BCUT2D eigenvalue weighted by Gasteiger charge is -2.39. The molecule has 0 saturated carbocycles. The maximum atomic E-state index is 11.9.